The third-order valence-corrected chi connectivity index (χ3v) is 4.04. The lowest BCUT2D eigenvalue weighted by atomic mass is 10.0. The first kappa shape index (κ1) is 13.5. The molecule has 1 saturated heterocycles. The van der Waals surface area contributed by atoms with Crippen LogP contribution in [-0.2, 0) is 0 Å². The molecule has 1 atom stereocenters. The van der Waals surface area contributed by atoms with Crippen molar-refractivity contribution in [1.82, 2.24) is 14.8 Å². The average Bonchev–Trinajstić information content (AvgIpc) is 2.38. The molecule has 2 rings (SSSR count). The molecule has 1 fully saturated rings. The van der Waals surface area contributed by atoms with Crippen LogP contribution < -0.4 is 0 Å². The third kappa shape index (κ3) is 2.90. The van der Waals surface area contributed by atoms with E-state index in [0.717, 1.165) is 25.9 Å². The predicted octanol–water partition coefficient (Wildman–Crippen LogP) is 2.01. The number of carbonyl (C=O) groups excluding carboxylic acids is 1. The Labute approximate surface area is 116 Å². The summed E-state index contributed by atoms with van der Waals surface area (Å²) in [7, 11) is 4.14. The van der Waals surface area contributed by atoms with E-state index < -0.39 is 0 Å². The van der Waals surface area contributed by atoms with Crippen LogP contribution in [0.3, 0.4) is 0 Å². The maximum atomic E-state index is 12.4. The highest BCUT2D eigenvalue weighted by Gasteiger charge is 2.26. The maximum absolute atomic E-state index is 12.4. The molecule has 4 nitrogen and oxygen atoms in total. The van der Waals surface area contributed by atoms with E-state index in [4.69, 9.17) is 0 Å². The Balaban J connectivity index is 2.12. The summed E-state index contributed by atoms with van der Waals surface area (Å²) in [5.74, 6) is 0.0709. The molecule has 2 heterocycles. The minimum Gasteiger partial charge on any atom is -0.337 e. The first-order valence-electron chi connectivity index (χ1n) is 6.16. The normalized spacial score (nSPS) is 20.2. The summed E-state index contributed by atoms with van der Waals surface area (Å²) < 4.78 is 0.627. The van der Waals surface area contributed by atoms with Crippen LogP contribution in [-0.4, -0.2) is 53.9 Å². The van der Waals surface area contributed by atoms with Crippen molar-refractivity contribution in [2.45, 2.75) is 18.9 Å². The van der Waals surface area contributed by atoms with Gasteiger partial charge in [0.1, 0.15) is 4.60 Å². The second-order valence-corrected chi connectivity index (χ2v) is 5.60. The van der Waals surface area contributed by atoms with Crippen LogP contribution in [0, 0.1) is 0 Å². The van der Waals surface area contributed by atoms with Crippen LogP contribution in [0.1, 0.15) is 23.2 Å². The van der Waals surface area contributed by atoms with Gasteiger partial charge in [0.2, 0.25) is 0 Å². The molecule has 0 saturated carbocycles. The predicted molar refractivity (Wildman–Crippen MR) is 74.5 cm³/mol. The number of likely N-dealkylation sites (tertiary alicyclic amines) is 1. The monoisotopic (exact) mass is 311 g/mol. The van der Waals surface area contributed by atoms with E-state index in [1.54, 1.807) is 12.3 Å². The molecule has 1 aromatic heterocycles. The van der Waals surface area contributed by atoms with Gasteiger partial charge in [-0.2, -0.15) is 0 Å². The molecule has 0 spiro atoms. The number of carbonyl (C=O) groups is 1. The Morgan fingerprint density at radius 2 is 2.33 bits per heavy atom. The number of aromatic nitrogens is 1. The van der Waals surface area contributed by atoms with Gasteiger partial charge in [-0.1, -0.05) is 0 Å². The summed E-state index contributed by atoms with van der Waals surface area (Å²) in [6.45, 7) is 1.64. The lowest BCUT2D eigenvalue weighted by Gasteiger charge is -2.36. The van der Waals surface area contributed by atoms with Gasteiger partial charge in [-0.15, -0.1) is 0 Å². The number of amides is 1. The molecule has 1 unspecified atom stereocenters. The second kappa shape index (κ2) is 5.80. The van der Waals surface area contributed by atoms with Crippen molar-refractivity contribution in [2.24, 2.45) is 0 Å². The van der Waals surface area contributed by atoms with Gasteiger partial charge in [-0.25, -0.2) is 4.98 Å². The summed E-state index contributed by atoms with van der Waals surface area (Å²) in [4.78, 5) is 20.7. The number of hydrogen-bond donors (Lipinski definition) is 0. The lowest BCUT2D eigenvalue weighted by molar-refractivity contribution is 0.0633. The van der Waals surface area contributed by atoms with E-state index in [2.05, 4.69) is 39.9 Å². The number of rotatable bonds is 2. The molecule has 5 heteroatoms. The minimum absolute atomic E-state index is 0.0709. The van der Waals surface area contributed by atoms with E-state index >= 15 is 0 Å². The van der Waals surface area contributed by atoms with Gasteiger partial charge in [0, 0.05) is 25.3 Å². The fraction of sp³-hybridized carbons (Fsp3) is 0.538. The largest absolute Gasteiger partial charge is 0.337 e. The van der Waals surface area contributed by atoms with Crippen molar-refractivity contribution in [1.29, 1.82) is 0 Å². The van der Waals surface area contributed by atoms with Crippen LogP contribution in [0.2, 0.25) is 0 Å². The highest BCUT2D eigenvalue weighted by atomic mass is 79.9. The molecule has 1 aliphatic heterocycles. The number of pyridine rings is 1. The Kier molecular flexibility index (Phi) is 4.35. The highest BCUT2D eigenvalue weighted by Crippen LogP contribution is 2.19. The van der Waals surface area contributed by atoms with Crippen LogP contribution in [0.5, 0.6) is 0 Å². The molecule has 1 aliphatic rings. The molecule has 0 aromatic carbocycles. The van der Waals surface area contributed by atoms with Crippen LogP contribution in [0.15, 0.2) is 22.9 Å². The zero-order chi connectivity index (χ0) is 13.1. The SMILES string of the molecule is CN(C)C1CCCN(C(=O)c2cccnc2Br)C1. The van der Waals surface area contributed by atoms with Crippen LogP contribution >= 0.6 is 15.9 Å². The van der Waals surface area contributed by atoms with Crippen molar-refractivity contribution in [3.05, 3.63) is 28.5 Å². The topological polar surface area (TPSA) is 36.4 Å². The Morgan fingerprint density at radius 3 is 3.00 bits per heavy atom. The molecular weight excluding hydrogens is 294 g/mol. The van der Waals surface area contributed by atoms with Gasteiger partial charge in [-0.3, -0.25) is 4.79 Å². The summed E-state index contributed by atoms with van der Waals surface area (Å²) in [5.41, 5.74) is 0.650. The van der Waals surface area contributed by atoms with Gasteiger partial charge < -0.3 is 9.80 Å². The van der Waals surface area contributed by atoms with Gasteiger partial charge in [0.15, 0.2) is 0 Å². The maximum Gasteiger partial charge on any atom is 0.256 e. The number of nitrogens with zero attached hydrogens (tertiary/aromatic N) is 3. The zero-order valence-electron chi connectivity index (χ0n) is 10.8. The molecule has 1 aromatic rings. The smallest absolute Gasteiger partial charge is 0.256 e. The van der Waals surface area contributed by atoms with Crippen LogP contribution in [0.4, 0.5) is 0 Å². The van der Waals surface area contributed by atoms with Crippen molar-refractivity contribution in [3.63, 3.8) is 0 Å². The highest BCUT2D eigenvalue weighted by molar-refractivity contribution is 9.10. The fourth-order valence-corrected chi connectivity index (χ4v) is 2.70. The Morgan fingerprint density at radius 1 is 1.56 bits per heavy atom. The molecule has 0 bridgehead atoms. The summed E-state index contributed by atoms with van der Waals surface area (Å²) in [6, 6.07) is 4.07. The van der Waals surface area contributed by atoms with Crippen molar-refractivity contribution < 1.29 is 4.79 Å². The van der Waals surface area contributed by atoms with Crippen molar-refractivity contribution >= 4 is 21.8 Å². The van der Waals surface area contributed by atoms with E-state index in [0.29, 0.717) is 16.2 Å². The molecule has 98 valence electrons. The molecule has 1 amide bonds. The first-order valence-corrected chi connectivity index (χ1v) is 6.95. The zero-order valence-corrected chi connectivity index (χ0v) is 12.4. The third-order valence-electron chi connectivity index (χ3n) is 3.40. The van der Waals surface area contributed by atoms with Gasteiger partial charge >= 0.3 is 0 Å². The van der Waals surface area contributed by atoms with E-state index in [1.165, 1.54) is 0 Å². The Hall–Kier alpha value is -0.940. The van der Waals surface area contributed by atoms with Crippen molar-refractivity contribution in [3.8, 4) is 0 Å². The quantitative estimate of drug-likeness (QED) is 0.784. The average molecular weight is 312 g/mol. The number of piperidine rings is 1. The van der Waals surface area contributed by atoms with Crippen molar-refractivity contribution in [2.75, 3.05) is 27.2 Å². The van der Waals surface area contributed by atoms with E-state index in [1.807, 2.05) is 11.0 Å². The molecule has 0 radical (unpaired) electrons. The van der Waals surface area contributed by atoms with Crippen LogP contribution in [0.25, 0.3) is 0 Å². The first-order chi connectivity index (χ1) is 8.59. The number of hydrogen-bond acceptors (Lipinski definition) is 3. The standard InChI is InChI=1S/C13H18BrN3O/c1-16(2)10-5-4-8-17(9-10)13(18)11-6-3-7-15-12(11)14/h3,6-7,10H,4-5,8-9H2,1-2H3. The molecule has 0 aliphatic carbocycles. The number of likely N-dealkylation sites (N-methyl/N-ethyl adjacent to an activating group) is 1. The van der Waals surface area contributed by atoms with Gasteiger partial charge in [0.05, 0.1) is 5.56 Å². The lowest BCUT2D eigenvalue weighted by Crippen LogP contribution is -2.47. The summed E-state index contributed by atoms with van der Waals surface area (Å²) in [5, 5.41) is 0. The molecular formula is C13H18BrN3O. The van der Waals surface area contributed by atoms with Gasteiger partial charge in [-0.05, 0) is 55.0 Å². The van der Waals surface area contributed by atoms with E-state index in [-0.39, 0.29) is 5.91 Å². The minimum atomic E-state index is 0.0709. The summed E-state index contributed by atoms with van der Waals surface area (Å²) >= 11 is 3.34. The summed E-state index contributed by atoms with van der Waals surface area (Å²) in [6.07, 6.45) is 3.90. The Bertz CT molecular complexity index is 436. The van der Waals surface area contributed by atoms with E-state index in [9.17, 15) is 4.79 Å². The molecule has 0 N–H and O–H groups in total. The molecule has 18 heavy (non-hydrogen) atoms. The second-order valence-electron chi connectivity index (χ2n) is 4.85. The number of halogens is 1. The van der Waals surface area contributed by atoms with Gasteiger partial charge in [0.25, 0.3) is 5.91 Å². The fourth-order valence-electron chi connectivity index (χ4n) is 2.28.